The van der Waals surface area contributed by atoms with E-state index < -0.39 is 34.9 Å². The molecule has 0 fully saturated rings. The van der Waals surface area contributed by atoms with Gasteiger partial charge in [0.05, 0.1) is 27.8 Å². The van der Waals surface area contributed by atoms with Crippen LogP contribution in [0.3, 0.4) is 0 Å². The first kappa shape index (κ1) is 24.9. The van der Waals surface area contributed by atoms with E-state index in [4.69, 9.17) is 30.5 Å². The number of halogens is 1. The molecule has 2 aliphatic rings. The third-order valence-corrected chi connectivity index (χ3v) is 6.67. The van der Waals surface area contributed by atoms with Crippen LogP contribution in [0.1, 0.15) is 50.4 Å². The Labute approximate surface area is 197 Å². The molecule has 9 heteroatoms. The van der Waals surface area contributed by atoms with Crippen molar-refractivity contribution in [1.29, 1.82) is 0 Å². The van der Waals surface area contributed by atoms with Gasteiger partial charge in [-0.3, -0.25) is 14.4 Å². The Bertz CT molecular complexity index is 1030. The van der Waals surface area contributed by atoms with Crippen molar-refractivity contribution in [2.75, 3.05) is 21.3 Å². The Kier molecular flexibility index (Phi) is 6.98. The highest BCUT2D eigenvalue weighted by Gasteiger charge is 2.61. The van der Waals surface area contributed by atoms with Gasteiger partial charge >= 0.3 is 5.97 Å². The number of esters is 1. The third-order valence-electron chi connectivity index (χ3n) is 6.32. The molecule has 8 nitrogen and oxygen atoms in total. The zero-order chi connectivity index (χ0) is 24.7. The Hall–Kier alpha value is -2.74. The van der Waals surface area contributed by atoms with E-state index in [0.717, 1.165) is 0 Å². The number of benzene rings is 1. The summed E-state index contributed by atoms with van der Waals surface area (Å²) in [5, 5.41) is 11.6. The van der Waals surface area contributed by atoms with Crippen LogP contribution in [-0.4, -0.2) is 49.6 Å². The van der Waals surface area contributed by atoms with Crippen LogP contribution < -0.4 is 14.2 Å². The van der Waals surface area contributed by atoms with Gasteiger partial charge in [0.2, 0.25) is 11.4 Å². The summed E-state index contributed by atoms with van der Waals surface area (Å²) in [7, 11) is 4.07. The number of rotatable bonds is 7. The highest BCUT2D eigenvalue weighted by molar-refractivity contribution is 6.35. The molecule has 1 N–H and O–H groups in total. The van der Waals surface area contributed by atoms with Gasteiger partial charge in [0.25, 0.3) is 0 Å². The Morgan fingerprint density at radius 2 is 1.88 bits per heavy atom. The Balaban J connectivity index is 2.23. The van der Waals surface area contributed by atoms with Crippen LogP contribution in [-0.2, 0) is 14.3 Å². The molecule has 0 amide bonds. The number of ketones is 2. The van der Waals surface area contributed by atoms with Crippen molar-refractivity contribution in [3.8, 4) is 17.2 Å². The minimum Gasteiger partial charge on any atom is -0.507 e. The van der Waals surface area contributed by atoms with Gasteiger partial charge in [-0.1, -0.05) is 32.4 Å². The van der Waals surface area contributed by atoms with Gasteiger partial charge in [-0.25, -0.2) is 0 Å². The second kappa shape index (κ2) is 9.25. The standard InChI is InChI=1S/C24H29ClO8/c1-11(2)7-13(9-17(27)32-6)18-14(26)8-12(3)24(22(18)28)23(29)19-15(30-4)10-16(31-5)20(25)21(19)33-24/h10-13,28H,7-9H2,1-6H3/t12-,13-,24+/m1/s1. The maximum atomic E-state index is 13.8. The van der Waals surface area contributed by atoms with Crippen LogP contribution in [0.25, 0.3) is 0 Å². The molecule has 3 rings (SSSR count). The number of allylic oxidation sites excluding steroid dienone is 1. The van der Waals surface area contributed by atoms with E-state index in [2.05, 4.69) is 0 Å². The summed E-state index contributed by atoms with van der Waals surface area (Å²) in [6, 6.07) is 1.47. The van der Waals surface area contributed by atoms with E-state index in [-0.39, 0.29) is 58.0 Å². The largest absolute Gasteiger partial charge is 0.507 e. The number of carbonyl (C=O) groups excluding carboxylic acids is 3. The number of fused-ring (bicyclic) bond motifs is 1. The molecule has 1 aromatic rings. The normalized spacial score (nSPS) is 23.0. The first-order valence-electron chi connectivity index (χ1n) is 10.7. The zero-order valence-corrected chi connectivity index (χ0v) is 20.4. The lowest BCUT2D eigenvalue weighted by molar-refractivity contribution is -0.141. The van der Waals surface area contributed by atoms with Gasteiger partial charge in [-0.15, -0.1) is 0 Å². The lowest BCUT2D eigenvalue weighted by Gasteiger charge is -2.38. The second-order valence-electron chi connectivity index (χ2n) is 8.86. The number of aliphatic hydroxyl groups is 1. The van der Waals surface area contributed by atoms with Crippen LogP contribution in [0.4, 0.5) is 0 Å². The molecule has 0 saturated carbocycles. The first-order chi connectivity index (χ1) is 15.5. The van der Waals surface area contributed by atoms with E-state index in [1.54, 1.807) is 6.92 Å². The topological polar surface area (TPSA) is 108 Å². The van der Waals surface area contributed by atoms with Crippen molar-refractivity contribution in [1.82, 2.24) is 0 Å². The van der Waals surface area contributed by atoms with Gasteiger partial charge in [-0.2, -0.15) is 0 Å². The number of methoxy groups -OCH3 is 3. The zero-order valence-electron chi connectivity index (χ0n) is 19.6. The fraction of sp³-hybridized carbons (Fsp3) is 0.542. The third kappa shape index (κ3) is 3.94. The number of carbonyl (C=O) groups is 3. The van der Waals surface area contributed by atoms with E-state index >= 15 is 0 Å². The highest BCUT2D eigenvalue weighted by Crippen LogP contribution is 2.55. The summed E-state index contributed by atoms with van der Waals surface area (Å²) in [6.45, 7) is 5.54. The van der Waals surface area contributed by atoms with Gasteiger partial charge in [0.15, 0.2) is 17.3 Å². The van der Waals surface area contributed by atoms with Gasteiger partial charge in [0.1, 0.15) is 22.1 Å². The summed E-state index contributed by atoms with van der Waals surface area (Å²) in [6.07, 6.45) is 0.277. The van der Waals surface area contributed by atoms with Crippen LogP contribution in [0.15, 0.2) is 17.4 Å². The van der Waals surface area contributed by atoms with E-state index in [1.807, 2.05) is 13.8 Å². The molecule has 0 unspecified atom stereocenters. The minimum absolute atomic E-state index is 0.0235. The monoisotopic (exact) mass is 480 g/mol. The predicted octanol–water partition coefficient (Wildman–Crippen LogP) is 4.32. The van der Waals surface area contributed by atoms with Crippen LogP contribution in [0.5, 0.6) is 17.2 Å². The molecule has 180 valence electrons. The molecule has 1 aliphatic carbocycles. The van der Waals surface area contributed by atoms with Gasteiger partial charge in [-0.05, 0) is 12.3 Å². The van der Waals surface area contributed by atoms with Crippen molar-refractivity contribution < 1.29 is 38.4 Å². The van der Waals surface area contributed by atoms with Gasteiger partial charge < -0.3 is 24.1 Å². The number of hydrogen-bond donors (Lipinski definition) is 1. The van der Waals surface area contributed by atoms with E-state index in [0.29, 0.717) is 6.42 Å². The number of Topliss-reactive ketones (excluding diaryl/α,β-unsaturated/α-hetero) is 2. The van der Waals surface area contributed by atoms with Crippen LogP contribution in [0.2, 0.25) is 5.02 Å². The minimum atomic E-state index is -1.86. The highest BCUT2D eigenvalue weighted by atomic mass is 35.5. The van der Waals surface area contributed by atoms with E-state index in [9.17, 15) is 19.5 Å². The maximum absolute atomic E-state index is 13.8. The molecule has 0 bridgehead atoms. The molecule has 1 aromatic carbocycles. The number of aliphatic hydroxyl groups excluding tert-OH is 1. The van der Waals surface area contributed by atoms with Crippen molar-refractivity contribution in [3.63, 3.8) is 0 Å². The lowest BCUT2D eigenvalue weighted by atomic mass is 9.69. The summed E-state index contributed by atoms with van der Waals surface area (Å²) in [5.41, 5.74) is -1.76. The van der Waals surface area contributed by atoms with Crippen molar-refractivity contribution in [2.24, 2.45) is 17.8 Å². The molecule has 0 aromatic heterocycles. The summed E-state index contributed by atoms with van der Waals surface area (Å²) < 4.78 is 21.6. The lowest BCUT2D eigenvalue weighted by Crippen LogP contribution is -2.53. The molecule has 3 atom stereocenters. The molecule has 0 saturated heterocycles. The smallest absolute Gasteiger partial charge is 0.306 e. The van der Waals surface area contributed by atoms with Crippen LogP contribution in [0, 0.1) is 17.8 Å². The molecule has 0 radical (unpaired) electrons. The summed E-state index contributed by atoms with van der Waals surface area (Å²) >= 11 is 6.45. The van der Waals surface area contributed by atoms with Crippen molar-refractivity contribution >= 4 is 29.1 Å². The SMILES string of the molecule is COC(=O)C[C@@H](CC(C)C)C1=C(O)[C@@]2(Oc3c(Cl)c(OC)cc(OC)c3C2=O)[C@H](C)CC1=O. The Morgan fingerprint density at radius 1 is 1.24 bits per heavy atom. The van der Waals surface area contributed by atoms with Crippen molar-refractivity contribution in [2.45, 2.75) is 45.6 Å². The molecular formula is C24H29ClO8. The molecule has 1 aliphatic heterocycles. The average molecular weight is 481 g/mol. The Morgan fingerprint density at radius 3 is 2.42 bits per heavy atom. The fourth-order valence-electron chi connectivity index (χ4n) is 4.76. The molecule has 33 heavy (non-hydrogen) atoms. The van der Waals surface area contributed by atoms with E-state index in [1.165, 1.54) is 27.4 Å². The van der Waals surface area contributed by atoms with Crippen LogP contribution >= 0.6 is 11.6 Å². The molecule has 1 heterocycles. The maximum Gasteiger partial charge on any atom is 0.306 e. The summed E-state index contributed by atoms with van der Waals surface area (Å²) in [4.78, 5) is 39.0. The second-order valence-corrected chi connectivity index (χ2v) is 9.24. The fourth-order valence-corrected chi connectivity index (χ4v) is 5.02. The quantitative estimate of drug-likeness (QED) is 0.575. The predicted molar refractivity (Wildman–Crippen MR) is 120 cm³/mol. The average Bonchev–Trinajstić information content (AvgIpc) is 3.07. The summed E-state index contributed by atoms with van der Waals surface area (Å²) in [5.74, 6) is -2.67. The number of hydrogen-bond acceptors (Lipinski definition) is 8. The number of ether oxygens (including phenoxy) is 4. The molecule has 1 spiro atoms. The molecular weight excluding hydrogens is 452 g/mol. The van der Waals surface area contributed by atoms with Crippen molar-refractivity contribution in [3.05, 3.63) is 28.0 Å². The van der Waals surface area contributed by atoms with Gasteiger partial charge in [0, 0.05) is 29.9 Å². The first-order valence-corrected chi connectivity index (χ1v) is 11.1.